The van der Waals surface area contributed by atoms with Crippen LogP contribution in [-0.2, 0) is 19.1 Å². The number of carboxylic acid groups (broad SMARTS) is 1. The smallest absolute Gasteiger partial charge is 0.391 e. The van der Waals surface area contributed by atoms with Gasteiger partial charge in [0.25, 0.3) is 0 Å². The molecular weight excluding hydrogens is 307 g/mol. The average Bonchev–Trinajstić information content (AvgIpc) is 2.43. The molecule has 0 saturated carbocycles. The van der Waals surface area contributed by atoms with Crippen LogP contribution in [0.25, 0.3) is 0 Å². The maximum Gasteiger partial charge on any atom is 0.391 e. The highest BCUT2D eigenvalue weighted by molar-refractivity contribution is 5.86. The zero-order valence-corrected chi connectivity index (χ0v) is 12.2. The molecule has 0 spiro atoms. The van der Waals surface area contributed by atoms with Gasteiger partial charge in [-0.25, -0.2) is 4.79 Å². The molecule has 0 aromatic rings. The van der Waals surface area contributed by atoms with E-state index in [4.69, 9.17) is 14.6 Å². The van der Waals surface area contributed by atoms with Crippen molar-refractivity contribution in [3.05, 3.63) is 0 Å². The molecule has 9 heteroatoms. The first-order valence-electron chi connectivity index (χ1n) is 7.02. The molecule has 0 aromatic carbocycles. The first-order valence-corrected chi connectivity index (χ1v) is 7.02. The second kappa shape index (κ2) is 8.33. The minimum atomic E-state index is -4.68. The number of alkyl halides is 3. The molecule has 0 aromatic heterocycles. The Balaban J connectivity index is 2.41. The van der Waals surface area contributed by atoms with Gasteiger partial charge in [-0.15, -0.1) is 0 Å². The number of carboxylic acids is 1. The van der Waals surface area contributed by atoms with E-state index in [2.05, 4.69) is 0 Å². The van der Waals surface area contributed by atoms with Crippen molar-refractivity contribution < 1.29 is 37.3 Å². The lowest BCUT2D eigenvalue weighted by atomic mass is 10.1. The predicted octanol–water partition coefficient (Wildman–Crippen LogP) is 1.48. The molecule has 128 valence electrons. The lowest BCUT2D eigenvalue weighted by Gasteiger charge is -2.24. The third-order valence-corrected chi connectivity index (χ3v) is 3.23. The Morgan fingerprint density at radius 1 is 1.41 bits per heavy atom. The van der Waals surface area contributed by atoms with E-state index in [1.54, 1.807) is 0 Å². The third kappa shape index (κ3) is 7.08. The predicted molar refractivity (Wildman–Crippen MR) is 69.2 cm³/mol. The summed E-state index contributed by atoms with van der Waals surface area (Å²) in [6.07, 6.45) is -4.77. The zero-order chi connectivity index (χ0) is 16.8. The van der Waals surface area contributed by atoms with E-state index in [1.165, 1.54) is 6.92 Å². The maximum absolute atomic E-state index is 12.2. The second-order valence-electron chi connectivity index (χ2n) is 5.18. The number of rotatable bonds is 7. The first-order chi connectivity index (χ1) is 10.2. The average molecular weight is 327 g/mol. The summed E-state index contributed by atoms with van der Waals surface area (Å²) < 4.78 is 47.4. The van der Waals surface area contributed by atoms with Gasteiger partial charge in [0.15, 0.2) is 0 Å². The van der Waals surface area contributed by atoms with Crippen LogP contribution in [0.5, 0.6) is 0 Å². The molecule has 1 fully saturated rings. The van der Waals surface area contributed by atoms with Crippen LogP contribution in [-0.4, -0.2) is 54.6 Å². The highest BCUT2D eigenvalue weighted by Crippen LogP contribution is 2.21. The lowest BCUT2D eigenvalue weighted by molar-refractivity contribution is -0.161. The van der Waals surface area contributed by atoms with Crippen LogP contribution < -0.4 is 5.32 Å². The first kappa shape index (κ1) is 18.7. The van der Waals surface area contributed by atoms with Crippen molar-refractivity contribution in [2.24, 2.45) is 0 Å². The van der Waals surface area contributed by atoms with Crippen LogP contribution in [0.15, 0.2) is 0 Å². The maximum atomic E-state index is 12.2. The zero-order valence-electron chi connectivity index (χ0n) is 12.2. The van der Waals surface area contributed by atoms with Gasteiger partial charge in [0.2, 0.25) is 5.91 Å². The summed E-state index contributed by atoms with van der Waals surface area (Å²) in [6.45, 7) is 2.11. The highest BCUT2D eigenvalue weighted by atomic mass is 19.4. The summed E-state index contributed by atoms with van der Waals surface area (Å²) in [4.78, 5) is 22.5. The van der Waals surface area contributed by atoms with Gasteiger partial charge in [0, 0.05) is 6.61 Å². The van der Waals surface area contributed by atoms with Gasteiger partial charge in [0.05, 0.1) is 19.1 Å². The lowest BCUT2D eigenvalue weighted by Crippen LogP contribution is -2.47. The molecule has 1 rings (SSSR count). The quantitative estimate of drug-likeness (QED) is 0.740. The molecule has 3 atom stereocenters. The standard InChI is InChI=1S/C13H20F3NO5/c1-8(22-7-9-4-2-3-5-21-9)11(18)17-10(12(19)20)6-13(14,15)16/h8-10H,2-7H2,1H3,(H,17,18)(H,19,20). The van der Waals surface area contributed by atoms with E-state index >= 15 is 0 Å². The summed E-state index contributed by atoms with van der Waals surface area (Å²) >= 11 is 0. The summed E-state index contributed by atoms with van der Waals surface area (Å²) in [6, 6.07) is -2.02. The molecule has 0 aliphatic carbocycles. The molecule has 0 radical (unpaired) electrons. The summed E-state index contributed by atoms with van der Waals surface area (Å²) in [7, 11) is 0. The number of nitrogens with one attached hydrogen (secondary N) is 1. The number of hydrogen-bond donors (Lipinski definition) is 2. The Morgan fingerprint density at radius 2 is 2.09 bits per heavy atom. The Labute approximate surface area is 126 Å². The fraction of sp³-hybridized carbons (Fsp3) is 0.846. The number of halogens is 3. The minimum Gasteiger partial charge on any atom is -0.480 e. The van der Waals surface area contributed by atoms with Gasteiger partial charge in [-0.2, -0.15) is 13.2 Å². The van der Waals surface area contributed by atoms with Gasteiger partial charge in [-0.3, -0.25) is 4.79 Å². The van der Waals surface area contributed by atoms with Crippen LogP contribution in [0, 0.1) is 0 Å². The van der Waals surface area contributed by atoms with Crippen molar-refractivity contribution in [3.8, 4) is 0 Å². The van der Waals surface area contributed by atoms with Crippen LogP contribution in [0.2, 0.25) is 0 Å². The van der Waals surface area contributed by atoms with Crippen molar-refractivity contribution in [1.82, 2.24) is 5.32 Å². The van der Waals surface area contributed by atoms with Gasteiger partial charge >= 0.3 is 12.1 Å². The topological polar surface area (TPSA) is 84.9 Å². The molecule has 1 heterocycles. The van der Waals surface area contributed by atoms with Crippen molar-refractivity contribution >= 4 is 11.9 Å². The summed E-state index contributed by atoms with van der Waals surface area (Å²) in [5, 5.41) is 10.6. The van der Waals surface area contributed by atoms with Gasteiger partial charge in [-0.05, 0) is 26.2 Å². The van der Waals surface area contributed by atoms with Crippen LogP contribution >= 0.6 is 0 Å². The Kier molecular flexibility index (Phi) is 7.08. The molecule has 1 saturated heterocycles. The van der Waals surface area contributed by atoms with Crippen molar-refractivity contribution in [2.45, 2.75) is 57.0 Å². The van der Waals surface area contributed by atoms with E-state index in [1.807, 2.05) is 5.32 Å². The van der Waals surface area contributed by atoms with E-state index in [0.29, 0.717) is 6.61 Å². The van der Waals surface area contributed by atoms with E-state index in [-0.39, 0.29) is 12.7 Å². The van der Waals surface area contributed by atoms with Crippen LogP contribution in [0.3, 0.4) is 0 Å². The molecule has 1 aliphatic rings. The molecule has 6 nitrogen and oxygen atoms in total. The fourth-order valence-corrected chi connectivity index (χ4v) is 1.99. The van der Waals surface area contributed by atoms with Crippen molar-refractivity contribution in [3.63, 3.8) is 0 Å². The molecule has 22 heavy (non-hydrogen) atoms. The Bertz CT molecular complexity index is 382. The molecule has 2 N–H and O–H groups in total. The third-order valence-electron chi connectivity index (χ3n) is 3.23. The number of aliphatic carboxylic acids is 1. The second-order valence-corrected chi connectivity index (χ2v) is 5.18. The number of amides is 1. The molecule has 1 amide bonds. The largest absolute Gasteiger partial charge is 0.480 e. The van der Waals surface area contributed by atoms with E-state index in [9.17, 15) is 22.8 Å². The normalized spacial score (nSPS) is 21.9. The van der Waals surface area contributed by atoms with Gasteiger partial charge in [0.1, 0.15) is 12.1 Å². The number of hydrogen-bond acceptors (Lipinski definition) is 4. The van der Waals surface area contributed by atoms with Crippen molar-refractivity contribution in [1.29, 1.82) is 0 Å². The minimum absolute atomic E-state index is 0.144. The van der Waals surface area contributed by atoms with E-state index in [0.717, 1.165) is 19.3 Å². The molecule has 3 unspecified atom stereocenters. The highest BCUT2D eigenvalue weighted by Gasteiger charge is 2.37. The summed E-state index contributed by atoms with van der Waals surface area (Å²) in [5.41, 5.74) is 0. The van der Waals surface area contributed by atoms with Crippen LogP contribution in [0.4, 0.5) is 13.2 Å². The molecule has 1 aliphatic heterocycles. The number of carbonyl (C=O) groups is 2. The summed E-state index contributed by atoms with van der Waals surface area (Å²) in [5.74, 6) is -2.64. The van der Waals surface area contributed by atoms with Crippen LogP contribution in [0.1, 0.15) is 32.6 Å². The fourth-order valence-electron chi connectivity index (χ4n) is 1.99. The Hall–Kier alpha value is -1.35. The van der Waals surface area contributed by atoms with E-state index < -0.39 is 36.6 Å². The van der Waals surface area contributed by atoms with Gasteiger partial charge < -0.3 is 19.9 Å². The molecule has 0 bridgehead atoms. The molecular formula is C13H20F3NO5. The Morgan fingerprint density at radius 3 is 2.59 bits per heavy atom. The number of carbonyl (C=O) groups excluding carboxylic acids is 1. The monoisotopic (exact) mass is 327 g/mol. The number of ether oxygens (including phenoxy) is 2. The SMILES string of the molecule is CC(OCC1CCCCO1)C(=O)NC(CC(F)(F)F)C(=O)O. The van der Waals surface area contributed by atoms with Gasteiger partial charge in [-0.1, -0.05) is 0 Å². The van der Waals surface area contributed by atoms with Crippen molar-refractivity contribution in [2.75, 3.05) is 13.2 Å².